The molecule has 0 saturated carbocycles. The number of anilines is 1. The molecule has 22 heavy (non-hydrogen) atoms. The lowest BCUT2D eigenvalue weighted by molar-refractivity contribution is -0.119. The molecule has 0 saturated heterocycles. The highest BCUT2D eigenvalue weighted by Gasteiger charge is 2.39. The molecule has 1 heterocycles. The van der Waals surface area contributed by atoms with E-state index in [2.05, 4.69) is 0 Å². The van der Waals surface area contributed by atoms with E-state index in [1.807, 2.05) is 38.1 Å². The van der Waals surface area contributed by atoms with Gasteiger partial charge in [0.15, 0.2) is 0 Å². The maximum Gasteiger partial charge on any atom is 0.277 e. The first-order chi connectivity index (χ1) is 10.5. The fourth-order valence-corrected chi connectivity index (χ4v) is 2.78. The van der Waals surface area contributed by atoms with Gasteiger partial charge in [-0.2, -0.15) is 0 Å². The smallest absolute Gasteiger partial charge is 0.268 e. The van der Waals surface area contributed by atoms with Crippen molar-refractivity contribution in [1.82, 2.24) is 0 Å². The minimum atomic E-state index is -0.475. The summed E-state index contributed by atoms with van der Waals surface area (Å²) in [7, 11) is 0. The Hall–Kier alpha value is -2.39. The summed E-state index contributed by atoms with van der Waals surface area (Å²) in [6, 6.07) is 14.6. The number of rotatable bonds is 2. The summed E-state index contributed by atoms with van der Waals surface area (Å²) in [5.41, 5.74) is 3.41. The zero-order chi connectivity index (χ0) is 15.9. The van der Waals surface area contributed by atoms with E-state index in [1.54, 1.807) is 24.3 Å². The van der Waals surface area contributed by atoms with Gasteiger partial charge in [-0.3, -0.25) is 9.59 Å². The SMILES string of the molecule is Cc1ccc(C2=C(Cl)C(=O)N(c3ccccc3C)C2=O)cc1. The fraction of sp³-hybridized carbons (Fsp3) is 0.111. The lowest BCUT2D eigenvalue weighted by atomic mass is 10.0. The van der Waals surface area contributed by atoms with Crippen molar-refractivity contribution in [2.75, 3.05) is 4.90 Å². The first kappa shape index (κ1) is 14.5. The van der Waals surface area contributed by atoms with Gasteiger partial charge in [0.2, 0.25) is 0 Å². The van der Waals surface area contributed by atoms with E-state index in [0.29, 0.717) is 11.3 Å². The van der Waals surface area contributed by atoms with Gasteiger partial charge in [0, 0.05) is 0 Å². The van der Waals surface area contributed by atoms with Crippen LogP contribution in [0.1, 0.15) is 16.7 Å². The predicted octanol–water partition coefficient (Wildman–Crippen LogP) is 3.83. The van der Waals surface area contributed by atoms with E-state index in [1.165, 1.54) is 0 Å². The first-order valence-corrected chi connectivity index (χ1v) is 7.29. The Bertz CT molecular complexity index is 806. The Morgan fingerprint density at radius 2 is 1.50 bits per heavy atom. The van der Waals surface area contributed by atoms with Crippen LogP contribution in [-0.4, -0.2) is 11.8 Å². The van der Waals surface area contributed by atoms with Crippen LogP contribution in [0.15, 0.2) is 53.6 Å². The van der Waals surface area contributed by atoms with E-state index >= 15 is 0 Å². The Labute approximate surface area is 133 Å². The molecule has 0 unspecified atom stereocenters. The number of amides is 2. The molecule has 1 aliphatic rings. The third-order valence-corrected chi connectivity index (χ3v) is 4.07. The van der Waals surface area contributed by atoms with Gasteiger partial charge in [0.05, 0.1) is 11.3 Å². The lowest BCUT2D eigenvalue weighted by Crippen LogP contribution is -2.31. The standard InChI is InChI=1S/C18H14ClNO2/c1-11-7-9-13(10-8-11)15-16(19)18(22)20(17(15)21)14-6-4-3-5-12(14)2/h3-10H,1-2H3. The van der Waals surface area contributed by atoms with Crippen molar-refractivity contribution in [3.63, 3.8) is 0 Å². The van der Waals surface area contributed by atoms with Crippen LogP contribution in [0.4, 0.5) is 5.69 Å². The summed E-state index contributed by atoms with van der Waals surface area (Å²) in [5, 5.41) is -0.0305. The van der Waals surface area contributed by atoms with Crippen molar-refractivity contribution >= 4 is 34.7 Å². The number of carbonyl (C=O) groups excluding carboxylic acids is 2. The van der Waals surface area contributed by atoms with Crippen LogP contribution < -0.4 is 4.90 Å². The number of aryl methyl sites for hydroxylation is 2. The maximum atomic E-state index is 12.7. The van der Waals surface area contributed by atoms with E-state index in [4.69, 9.17) is 11.6 Å². The Morgan fingerprint density at radius 3 is 2.14 bits per heavy atom. The van der Waals surface area contributed by atoms with E-state index in [9.17, 15) is 9.59 Å². The quantitative estimate of drug-likeness (QED) is 0.791. The van der Waals surface area contributed by atoms with Crippen LogP contribution >= 0.6 is 11.6 Å². The topological polar surface area (TPSA) is 37.4 Å². The highest BCUT2D eigenvalue weighted by Crippen LogP contribution is 2.35. The molecule has 0 aromatic heterocycles. The van der Waals surface area contributed by atoms with Crippen LogP contribution in [0, 0.1) is 13.8 Å². The van der Waals surface area contributed by atoms with Crippen LogP contribution in [-0.2, 0) is 9.59 Å². The monoisotopic (exact) mass is 311 g/mol. The van der Waals surface area contributed by atoms with Gasteiger partial charge in [-0.1, -0.05) is 59.6 Å². The lowest BCUT2D eigenvalue weighted by Gasteiger charge is -2.17. The average Bonchev–Trinajstić information content (AvgIpc) is 2.72. The fourth-order valence-electron chi connectivity index (χ4n) is 2.51. The summed E-state index contributed by atoms with van der Waals surface area (Å²) in [6.07, 6.45) is 0. The number of para-hydroxylation sites is 1. The van der Waals surface area contributed by atoms with Gasteiger partial charge in [-0.15, -0.1) is 0 Å². The third-order valence-electron chi connectivity index (χ3n) is 3.72. The summed E-state index contributed by atoms with van der Waals surface area (Å²) in [5.74, 6) is -0.857. The Kier molecular flexibility index (Phi) is 3.59. The summed E-state index contributed by atoms with van der Waals surface area (Å²) >= 11 is 6.16. The zero-order valence-corrected chi connectivity index (χ0v) is 13.0. The number of carbonyl (C=O) groups is 2. The van der Waals surface area contributed by atoms with Crippen LogP contribution in [0.3, 0.4) is 0 Å². The second kappa shape index (κ2) is 5.43. The average molecular weight is 312 g/mol. The van der Waals surface area contributed by atoms with E-state index in [-0.39, 0.29) is 16.5 Å². The van der Waals surface area contributed by atoms with Gasteiger partial charge >= 0.3 is 0 Å². The minimum Gasteiger partial charge on any atom is -0.268 e. The molecule has 0 spiro atoms. The second-order valence-electron chi connectivity index (χ2n) is 5.29. The van der Waals surface area contributed by atoms with Gasteiger partial charge in [-0.25, -0.2) is 4.90 Å². The number of hydrogen-bond donors (Lipinski definition) is 0. The number of nitrogens with zero attached hydrogens (tertiary/aromatic N) is 1. The minimum absolute atomic E-state index is 0.0305. The van der Waals surface area contributed by atoms with Crippen LogP contribution in [0.25, 0.3) is 5.57 Å². The highest BCUT2D eigenvalue weighted by atomic mass is 35.5. The maximum absolute atomic E-state index is 12.7. The van der Waals surface area contributed by atoms with Gasteiger partial charge in [-0.05, 0) is 31.0 Å². The molecular weight excluding hydrogens is 298 g/mol. The normalized spacial score (nSPS) is 15.0. The van der Waals surface area contributed by atoms with Crippen molar-refractivity contribution in [2.45, 2.75) is 13.8 Å². The first-order valence-electron chi connectivity index (χ1n) is 6.92. The van der Waals surface area contributed by atoms with E-state index in [0.717, 1.165) is 16.0 Å². The molecule has 1 aliphatic heterocycles. The molecule has 0 radical (unpaired) electrons. The molecule has 110 valence electrons. The Balaban J connectivity index is 2.08. The molecule has 0 aliphatic carbocycles. The summed E-state index contributed by atoms with van der Waals surface area (Å²) in [4.78, 5) is 26.3. The predicted molar refractivity (Wildman–Crippen MR) is 87.6 cm³/mol. The molecule has 3 nitrogen and oxygen atoms in total. The molecular formula is C18H14ClNO2. The number of halogens is 1. The van der Waals surface area contributed by atoms with Crippen LogP contribution in [0.2, 0.25) is 0 Å². The summed E-state index contributed by atoms with van der Waals surface area (Å²) in [6.45, 7) is 3.81. The largest absolute Gasteiger partial charge is 0.277 e. The molecule has 3 rings (SSSR count). The molecule has 0 atom stereocenters. The van der Waals surface area contributed by atoms with Crippen molar-refractivity contribution < 1.29 is 9.59 Å². The van der Waals surface area contributed by atoms with Gasteiger partial charge in [0.25, 0.3) is 11.8 Å². The number of benzene rings is 2. The molecule has 0 bridgehead atoms. The third kappa shape index (κ3) is 2.24. The molecule has 2 aromatic carbocycles. The van der Waals surface area contributed by atoms with Crippen molar-refractivity contribution in [2.24, 2.45) is 0 Å². The van der Waals surface area contributed by atoms with Crippen molar-refractivity contribution in [1.29, 1.82) is 0 Å². The van der Waals surface area contributed by atoms with Gasteiger partial charge < -0.3 is 0 Å². The second-order valence-corrected chi connectivity index (χ2v) is 5.67. The molecule has 0 N–H and O–H groups in total. The molecule has 2 aromatic rings. The molecule has 4 heteroatoms. The van der Waals surface area contributed by atoms with Crippen molar-refractivity contribution in [3.8, 4) is 0 Å². The van der Waals surface area contributed by atoms with Crippen molar-refractivity contribution in [3.05, 3.63) is 70.3 Å². The molecule has 2 amide bonds. The highest BCUT2D eigenvalue weighted by molar-refractivity contribution is 6.60. The zero-order valence-electron chi connectivity index (χ0n) is 12.3. The van der Waals surface area contributed by atoms with E-state index < -0.39 is 5.91 Å². The van der Waals surface area contributed by atoms with Gasteiger partial charge in [0.1, 0.15) is 5.03 Å². The van der Waals surface area contributed by atoms with Crippen LogP contribution in [0.5, 0.6) is 0 Å². The number of hydrogen-bond acceptors (Lipinski definition) is 2. The number of imide groups is 1. The summed E-state index contributed by atoms with van der Waals surface area (Å²) < 4.78 is 0. The Morgan fingerprint density at radius 1 is 0.864 bits per heavy atom. The molecule has 0 fully saturated rings.